The second-order valence-corrected chi connectivity index (χ2v) is 9.54. The molecule has 0 aliphatic rings. The van der Waals surface area contributed by atoms with E-state index in [1.54, 1.807) is 17.7 Å². The number of aryl methyl sites for hydroxylation is 1. The first-order valence-corrected chi connectivity index (χ1v) is 12.9. The number of terminal acetylenes is 1. The fourth-order valence-corrected chi connectivity index (χ4v) is 4.98. The predicted octanol–water partition coefficient (Wildman–Crippen LogP) is 6.97. The molecule has 0 fully saturated rings. The van der Waals surface area contributed by atoms with Crippen LogP contribution >= 0.6 is 11.3 Å². The lowest BCUT2D eigenvalue weighted by Gasteiger charge is -2.11. The Morgan fingerprint density at radius 3 is 2.81 bits per heavy atom. The van der Waals surface area contributed by atoms with E-state index in [1.165, 1.54) is 10.4 Å². The number of fused-ring (bicyclic) bond motifs is 2. The smallest absolute Gasteiger partial charge is 0.141 e. The molecule has 180 valence electrons. The molecule has 3 aromatic carbocycles. The van der Waals surface area contributed by atoms with E-state index in [1.807, 2.05) is 42.5 Å². The average molecular weight is 502 g/mol. The number of nitrogens with zero attached hydrogens (tertiary/aromatic N) is 3. The van der Waals surface area contributed by atoms with Crippen LogP contribution in [-0.4, -0.2) is 26.5 Å². The topological polar surface area (TPSA) is 75.7 Å². The van der Waals surface area contributed by atoms with E-state index < -0.39 is 0 Å². The third-order valence-electron chi connectivity index (χ3n) is 6.06. The van der Waals surface area contributed by atoms with Gasteiger partial charge in [0.15, 0.2) is 0 Å². The molecule has 6 nitrogen and oxygen atoms in total. The van der Waals surface area contributed by atoms with Gasteiger partial charge in [-0.3, -0.25) is 0 Å². The van der Waals surface area contributed by atoms with Crippen LogP contribution in [0.4, 0.5) is 11.5 Å². The van der Waals surface area contributed by atoms with Crippen molar-refractivity contribution in [2.24, 2.45) is 0 Å². The molecule has 3 aromatic heterocycles. The Bertz CT molecular complexity index is 1730. The molecule has 0 aliphatic carbocycles. The maximum absolute atomic E-state index is 6.07. The van der Waals surface area contributed by atoms with E-state index in [9.17, 15) is 0 Å². The van der Waals surface area contributed by atoms with Crippen LogP contribution in [0.5, 0.6) is 5.75 Å². The van der Waals surface area contributed by atoms with Crippen molar-refractivity contribution in [3.63, 3.8) is 0 Å². The molecule has 0 atom stereocenters. The zero-order valence-electron chi connectivity index (χ0n) is 19.9. The maximum Gasteiger partial charge on any atom is 0.141 e. The zero-order valence-corrected chi connectivity index (χ0v) is 20.8. The molecule has 0 unspecified atom stereocenters. The number of anilines is 2. The number of hydrogen-bond donors (Lipinski definition) is 2. The van der Waals surface area contributed by atoms with Gasteiger partial charge in [0.25, 0.3) is 0 Å². The van der Waals surface area contributed by atoms with Gasteiger partial charge in [-0.15, -0.1) is 17.8 Å². The molecule has 0 aliphatic heterocycles. The first-order chi connectivity index (χ1) is 18.2. The fraction of sp³-hybridized carbons (Fsp3) is 0.100. The summed E-state index contributed by atoms with van der Waals surface area (Å²) in [6, 6.07) is 24.1. The van der Waals surface area contributed by atoms with E-state index in [0.717, 1.165) is 57.6 Å². The minimum atomic E-state index is 0.573. The summed E-state index contributed by atoms with van der Waals surface area (Å²) in [6.07, 6.45) is 8.73. The van der Waals surface area contributed by atoms with Crippen LogP contribution in [0.3, 0.4) is 0 Å². The first-order valence-electron chi connectivity index (χ1n) is 12.0. The molecular formula is C30H23N5OS. The summed E-state index contributed by atoms with van der Waals surface area (Å²) < 4.78 is 6.07. The summed E-state index contributed by atoms with van der Waals surface area (Å²) in [6.45, 7) is 0.573. The second-order valence-electron chi connectivity index (χ2n) is 8.60. The van der Waals surface area contributed by atoms with Crippen LogP contribution in [0.1, 0.15) is 17.8 Å². The third-order valence-corrected chi connectivity index (χ3v) is 6.98. The van der Waals surface area contributed by atoms with Gasteiger partial charge >= 0.3 is 0 Å². The maximum atomic E-state index is 6.07. The Hall–Kier alpha value is -4.67. The molecule has 0 spiro atoms. The van der Waals surface area contributed by atoms with Gasteiger partial charge in [-0.25, -0.2) is 15.0 Å². The Morgan fingerprint density at radius 2 is 1.92 bits per heavy atom. The van der Waals surface area contributed by atoms with Crippen molar-refractivity contribution < 1.29 is 4.74 Å². The van der Waals surface area contributed by atoms with Crippen molar-refractivity contribution in [1.82, 2.24) is 19.9 Å². The van der Waals surface area contributed by atoms with Crippen LogP contribution in [-0.2, 0) is 6.42 Å². The molecule has 0 bridgehead atoms. The van der Waals surface area contributed by atoms with E-state index in [2.05, 4.69) is 61.9 Å². The van der Waals surface area contributed by atoms with E-state index in [-0.39, 0.29) is 0 Å². The minimum absolute atomic E-state index is 0.573. The van der Waals surface area contributed by atoms with Gasteiger partial charge in [-0.05, 0) is 72.0 Å². The highest BCUT2D eigenvalue weighted by Gasteiger charge is 2.08. The summed E-state index contributed by atoms with van der Waals surface area (Å²) >= 11 is 1.74. The Labute approximate surface area is 218 Å². The number of thiophene rings is 1. The highest BCUT2D eigenvalue weighted by molar-refractivity contribution is 7.13. The molecule has 0 saturated heterocycles. The van der Waals surface area contributed by atoms with Crippen LogP contribution in [0.2, 0.25) is 0 Å². The van der Waals surface area contributed by atoms with Gasteiger partial charge in [-0.2, -0.15) is 0 Å². The zero-order chi connectivity index (χ0) is 25.0. The number of aromatic amines is 1. The van der Waals surface area contributed by atoms with E-state index in [4.69, 9.17) is 16.1 Å². The van der Waals surface area contributed by atoms with Crippen molar-refractivity contribution in [3.8, 4) is 28.5 Å². The molecule has 0 amide bonds. The number of H-pyrrole nitrogens is 1. The van der Waals surface area contributed by atoms with Gasteiger partial charge in [0.05, 0.1) is 23.2 Å². The summed E-state index contributed by atoms with van der Waals surface area (Å²) in [5.74, 6) is 5.10. The first kappa shape index (κ1) is 22.8. The number of benzene rings is 3. The highest BCUT2D eigenvalue weighted by Crippen LogP contribution is 2.28. The van der Waals surface area contributed by atoms with Gasteiger partial charge in [0, 0.05) is 27.9 Å². The Balaban J connectivity index is 1.11. The summed E-state index contributed by atoms with van der Waals surface area (Å²) in [5.41, 5.74) is 5.76. The standard InChI is InChI=1S/C30H23N5OS/c1-2-20-6-3-7-22(16-20)33-30-24-18-23(11-13-25(24)31-19-32-30)36-14-4-9-29-34-26-12-10-21(17-27(26)35-29)28-8-5-15-37-28/h1,3,5-8,10-13,15-19H,4,9,14H2,(H,34,35)(H,31,32,33). The van der Waals surface area contributed by atoms with Crippen molar-refractivity contribution in [2.45, 2.75) is 12.8 Å². The largest absolute Gasteiger partial charge is 0.494 e. The van der Waals surface area contributed by atoms with Gasteiger partial charge in [-0.1, -0.05) is 24.1 Å². The van der Waals surface area contributed by atoms with Gasteiger partial charge in [0.2, 0.25) is 0 Å². The second kappa shape index (κ2) is 10.1. The molecule has 2 N–H and O–H groups in total. The molecule has 0 saturated carbocycles. The SMILES string of the molecule is C#Cc1cccc(Nc2ncnc3ccc(OCCCc4nc5ccc(-c6cccs6)cc5[nH]4)cc23)c1. The van der Waals surface area contributed by atoms with Crippen LogP contribution in [0.25, 0.3) is 32.4 Å². The molecule has 3 heterocycles. The average Bonchev–Trinajstić information content (AvgIpc) is 3.61. The minimum Gasteiger partial charge on any atom is -0.494 e. The number of rotatable bonds is 8. The van der Waals surface area contributed by atoms with Crippen molar-refractivity contribution in [3.05, 3.63) is 95.9 Å². The monoisotopic (exact) mass is 501 g/mol. The summed E-state index contributed by atoms with van der Waals surface area (Å²) in [4.78, 5) is 18.3. The lowest BCUT2D eigenvalue weighted by atomic mass is 10.2. The van der Waals surface area contributed by atoms with Crippen LogP contribution in [0, 0.1) is 12.3 Å². The number of imidazole rings is 1. The quantitative estimate of drug-likeness (QED) is 0.174. The summed E-state index contributed by atoms with van der Waals surface area (Å²) in [7, 11) is 0. The molecule has 7 heteroatoms. The normalized spacial score (nSPS) is 11.0. The molecule has 6 aromatic rings. The lowest BCUT2D eigenvalue weighted by Crippen LogP contribution is -2.01. The predicted molar refractivity (Wildman–Crippen MR) is 150 cm³/mol. The highest BCUT2D eigenvalue weighted by atomic mass is 32.1. The van der Waals surface area contributed by atoms with E-state index >= 15 is 0 Å². The van der Waals surface area contributed by atoms with E-state index in [0.29, 0.717) is 12.4 Å². The molecule has 6 rings (SSSR count). The van der Waals surface area contributed by atoms with Crippen molar-refractivity contribution in [1.29, 1.82) is 0 Å². The van der Waals surface area contributed by atoms with Gasteiger partial charge in [0.1, 0.15) is 23.7 Å². The fourth-order valence-electron chi connectivity index (χ4n) is 4.26. The van der Waals surface area contributed by atoms with Crippen LogP contribution < -0.4 is 10.1 Å². The molecule has 37 heavy (non-hydrogen) atoms. The molecule has 0 radical (unpaired) electrons. The summed E-state index contributed by atoms with van der Waals surface area (Å²) in [5, 5.41) is 6.32. The number of aromatic nitrogens is 4. The van der Waals surface area contributed by atoms with Crippen molar-refractivity contribution >= 4 is 44.8 Å². The number of nitrogens with one attached hydrogen (secondary N) is 2. The third kappa shape index (κ3) is 5.01. The van der Waals surface area contributed by atoms with Crippen molar-refractivity contribution in [2.75, 3.05) is 11.9 Å². The van der Waals surface area contributed by atoms with Gasteiger partial charge < -0.3 is 15.0 Å². The number of ether oxygens (including phenoxy) is 1. The Morgan fingerprint density at radius 1 is 0.973 bits per heavy atom. The number of hydrogen-bond acceptors (Lipinski definition) is 6. The Kier molecular flexibility index (Phi) is 6.24. The van der Waals surface area contributed by atoms with Crippen LogP contribution in [0.15, 0.2) is 84.5 Å². The molecular weight excluding hydrogens is 478 g/mol. The lowest BCUT2D eigenvalue weighted by molar-refractivity contribution is 0.310.